The highest BCUT2D eigenvalue weighted by Gasteiger charge is 2.00. The Kier molecular flexibility index (Phi) is 5.12. The van der Waals surface area contributed by atoms with E-state index in [0.29, 0.717) is 0 Å². The van der Waals surface area contributed by atoms with Crippen LogP contribution in [0.3, 0.4) is 0 Å². The molecule has 0 amide bonds. The van der Waals surface area contributed by atoms with E-state index in [-0.39, 0.29) is 0 Å². The largest absolute Gasteiger partial charge is 0.317 e. The summed E-state index contributed by atoms with van der Waals surface area (Å²) >= 11 is 0. The van der Waals surface area contributed by atoms with Gasteiger partial charge in [-0.3, -0.25) is 4.98 Å². The van der Waals surface area contributed by atoms with Crippen LogP contribution < -0.4 is 10.6 Å². The van der Waals surface area contributed by atoms with E-state index in [9.17, 15) is 0 Å². The van der Waals surface area contributed by atoms with Crippen LogP contribution in [0.2, 0.25) is 0 Å². The van der Waals surface area contributed by atoms with Gasteiger partial charge in [-0.05, 0) is 43.8 Å². The number of benzene rings is 1. The lowest BCUT2D eigenvalue weighted by Gasteiger charge is -2.08. The predicted molar refractivity (Wildman–Crippen MR) is 76.6 cm³/mol. The van der Waals surface area contributed by atoms with Crippen molar-refractivity contribution < 1.29 is 0 Å². The molecule has 18 heavy (non-hydrogen) atoms. The van der Waals surface area contributed by atoms with E-state index in [1.54, 1.807) is 0 Å². The lowest BCUT2D eigenvalue weighted by molar-refractivity contribution is 0.607. The first-order valence-corrected chi connectivity index (χ1v) is 6.66. The molecule has 0 saturated heterocycles. The third-order valence-electron chi connectivity index (χ3n) is 3.01. The van der Waals surface area contributed by atoms with Crippen molar-refractivity contribution in [3.8, 4) is 0 Å². The first kappa shape index (κ1) is 13.0. The summed E-state index contributed by atoms with van der Waals surface area (Å²) in [6.45, 7) is 6.23. The number of nitrogens with zero attached hydrogens (tertiary/aromatic N) is 1. The average molecular weight is 243 g/mol. The third kappa shape index (κ3) is 3.52. The predicted octanol–water partition coefficient (Wildman–Crippen LogP) is 2.32. The summed E-state index contributed by atoms with van der Waals surface area (Å²) in [6.07, 6.45) is 3.05. The normalized spacial score (nSPS) is 10.9. The van der Waals surface area contributed by atoms with E-state index in [4.69, 9.17) is 0 Å². The maximum Gasteiger partial charge on any atom is 0.0705 e. The number of nitrogens with one attached hydrogen (secondary N) is 2. The summed E-state index contributed by atoms with van der Waals surface area (Å²) in [5, 5.41) is 8.06. The van der Waals surface area contributed by atoms with Crippen molar-refractivity contribution in [1.82, 2.24) is 15.6 Å². The molecule has 0 saturated carbocycles. The van der Waals surface area contributed by atoms with Crippen molar-refractivity contribution in [2.24, 2.45) is 0 Å². The van der Waals surface area contributed by atoms with E-state index in [0.717, 1.165) is 38.1 Å². The molecule has 0 radical (unpaired) electrons. The number of rotatable bonds is 7. The fourth-order valence-electron chi connectivity index (χ4n) is 2.05. The van der Waals surface area contributed by atoms with E-state index in [2.05, 4.69) is 46.8 Å². The maximum atomic E-state index is 4.37. The van der Waals surface area contributed by atoms with Crippen molar-refractivity contribution in [3.63, 3.8) is 0 Å². The van der Waals surface area contributed by atoms with E-state index in [1.165, 1.54) is 10.9 Å². The fraction of sp³-hybridized carbons (Fsp3) is 0.400. The molecule has 2 aromatic rings. The summed E-state index contributed by atoms with van der Waals surface area (Å²) in [6, 6.07) is 10.4. The van der Waals surface area contributed by atoms with Gasteiger partial charge in [0.05, 0.1) is 5.52 Å². The van der Waals surface area contributed by atoms with Gasteiger partial charge in [0.1, 0.15) is 0 Å². The second-order valence-electron chi connectivity index (χ2n) is 4.37. The molecule has 0 fully saturated rings. The Labute approximate surface area is 109 Å². The first-order chi connectivity index (χ1) is 8.92. The van der Waals surface area contributed by atoms with Gasteiger partial charge in [0.25, 0.3) is 0 Å². The fourth-order valence-corrected chi connectivity index (χ4v) is 2.05. The molecule has 0 spiro atoms. The molecule has 1 aromatic heterocycles. The van der Waals surface area contributed by atoms with Crippen LogP contribution in [0.1, 0.15) is 18.9 Å². The van der Waals surface area contributed by atoms with Crippen molar-refractivity contribution in [2.75, 3.05) is 19.6 Å². The molecular formula is C15H21N3. The zero-order valence-electron chi connectivity index (χ0n) is 10.9. The zero-order chi connectivity index (χ0) is 12.6. The second-order valence-corrected chi connectivity index (χ2v) is 4.37. The summed E-state index contributed by atoms with van der Waals surface area (Å²) in [5.74, 6) is 0. The molecule has 3 heteroatoms. The van der Waals surface area contributed by atoms with Crippen LogP contribution in [0.25, 0.3) is 10.9 Å². The van der Waals surface area contributed by atoms with Crippen molar-refractivity contribution in [2.45, 2.75) is 19.9 Å². The van der Waals surface area contributed by atoms with Crippen LogP contribution in [0.4, 0.5) is 0 Å². The Morgan fingerprint density at radius 1 is 1.06 bits per heavy atom. The van der Waals surface area contributed by atoms with Gasteiger partial charge >= 0.3 is 0 Å². The molecular weight excluding hydrogens is 222 g/mol. The highest BCUT2D eigenvalue weighted by molar-refractivity contribution is 5.81. The van der Waals surface area contributed by atoms with Crippen LogP contribution in [0, 0.1) is 0 Å². The molecule has 96 valence electrons. The van der Waals surface area contributed by atoms with Gasteiger partial charge in [0, 0.05) is 18.1 Å². The van der Waals surface area contributed by atoms with Gasteiger partial charge in [-0.25, -0.2) is 0 Å². The molecule has 0 atom stereocenters. The average Bonchev–Trinajstić information content (AvgIpc) is 2.43. The van der Waals surface area contributed by atoms with Gasteiger partial charge in [0.2, 0.25) is 0 Å². The van der Waals surface area contributed by atoms with Gasteiger partial charge < -0.3 is 10.6 Å². The highest BCUT2D eigenvalue weighted by Crippen LogP contribution is 2.15. The lowest BCUT2D eigenvalue weighted by Crippen LogP contribution is -2.21. The van der Waals surface area contributed by atoms with Crippen LogP contribution in [0.15, 0.2) is 36.5 Å². The number of hydrogen-bond donors (Lipinski definition) is 2. The van der Waals surface area contributed by atoms with Crippen LogP contribution in [0.5, 0.6) is 0 Å². The summed E-state index contributed by atoms with van der Waals surface area (Å²) in [4.78, 5) is 4.37. The first-order valence-electron chi connectivity index (χ1n) is 6.66. The van der Waals surface area contributed by atoms with E-state index < -0.39 is 0 Å². The minimum Gasteiger partial charge on any atom is -0.317 e. The quantitative estimate of drug-likeness (QED) is 0.733. The number of hydrogen-bond acceptors (Lipinski definition) is 3. The Morgan fingerprint density at radius 2 is 1.89 bits per heavy atom. The molecule has 0 bridgehead atoms. The van der Waals surface area contributed by atoms with Crippen molar-refractivity contribution in [3.05, 3.63) is 42.1 Å². The van der Waals surface area contributed by atoms with Crippen molar-refractivity contribution in [1.29, 1.82) is 0 Å². The molecule has 0 unspecified atom stereocenters. The lowest BCUT2D eigenvalue weighted by atomic mass is 10.1. The van der Waals surface area contributed by atoms with Crippen LogP contribution in [-0.4, -0.2) is 24.6 Å². The molecule has 3 nitrogen and oxygen atoms in total. The van der Waals surface area contributed by atoms with Gasteiger partial charge in [-0.15, -0.1) is 0 Å². The standard InChI is InChI=1S/C15H21N3/c1-2-16-9-5-10-17-12-13-8-11-18-15-7-4-3-6-14(13)15/h3-4,6-8,11,16-17H,2,5,9-10,12H2,1H3. The molecule has 1 aromatic carbocycles. The minimum absolute atomic E-state index is 0.912. The molecule has 2 N–H and O–H groups in total. The van der Waals surface area contributed by atoms with Crippen LogP contribution in [-0.2, 0) is 6.54 Å². The Balaban J connectivity index is 1.88. The number of pyridine rings is 1. The number of aromatic nitrogens is 1. The van der Waals surface area contributed by atoms with Gasteiger partial charge in [-0.2, -0.15) is 0 Å². The zero-order valence-corrected chi connectivity index (χ0v) is 10.9. The second kappa shape index (κ2) is 7.09. The van der Waals surface area contributed by atoms with E-state index in [1.807, 2.05) is 12.3 Å². The maximum absolute atomic E-state index is 4.37. The Hall–Kier alpha value is -1.45. The minimum atomic E-state index is 0.912. The monoisotopic (exact) mass is 243 g/mol. The number of fused-ring (bicyclic) bond motifs is 1. The molecule has 0 aliphatic heterocycles. The van der Waals surface area contributed by atoms with Gasteiger partial charge in [0.15, 0.2) is 0 Å². The summed E-state index contributed by atoms with van der Waals surface area (Å²) in [5.41, 5.74) is 2.40. The number of para-hydroxylation sites is 1. The summed E-state index contributed by atoms with van der Waals surface area (Å²) in [7, 11) is 0. The SMILES string of the molecule is CCNCCCNCc1ccnc2ccccc12. The topological polar surface area (TPSA) is 37.0 Å². The van der Waals surface area contributed by atoms with E-state index >= 15 is 0 Å². The van der Waals surface area contributed by atoms with Gasteiger partial charge in [-0.1, -0.05) is 25.1 Å². The smallest absolute Gasteiger partial charge is 0.0705 e. The molecule has 1 heterocycles. The Bertz CT molecular complexity index is 477. The third-order valence-corrected chi connectivity index (χ3v) is 3.01. The molecule has 0 aliphatic rings. The van der Waals surface area contributed by atoms with Crippen molar-refractivity contribution >= 4 is 10.9 Å². The highest BCUT2D eigenvalue weighted by atomic mass is 14.9. The molecule has 2 rings (SSSR count). The van der Waals surface area contributed by atoms with Crippen LogP contribution >= 0.6 is 0 Å². The summed E-state index contributed by atoms with van der Waals surface area (Å²) < 4.78 is 0. The molecule has 0 aliphatic carbocycles. The Morgan fingerprint density at radius 3 is 2.78 bits per heavy atom.